The molecular formula is C13H15FN2O. The van der Waals surface area contributed by atoms with E-state index in [0.29, 0.717) is 25.3 Å². The van der Waals surface area contributed by atoms with Gasteiger partial charge in [-0.3, -0.25) is 4.98 Å². The van der Waals surface area contributed by atoms with E-state index < -0.39 is 0 Å². The minimum absolute atomic E-state index is 0.275. The molecule has 0 radical (unpaired) electrons. The van der Waals surface area contributed by atoms with E-state index in [9.17, 15) is 4.39 Å². The Bertz CT molecular complexity index is 523. The van der Waals surface area contributed by atoms with E-state index in [1.807, 2.05) is 6.92 Å². The van der Waals surface area contributed by atoms with Crippen molar-refractivity contribution < 1.29 is 9.13 Å². The first kappa shape index (κ1) is 11.8. The molecule has 4 heteroatoms. The zero-order valence-corrected chi connectivity index (χ0v) is 9.74. The summed E-state index contributed by atoms with van der Waals surface area (Å²) in [6, 6.07) is 4.53. The van der Waals surface area contributed by atoms with Crippen molar-refractivity contribution in [1.82, 2.24) is 4.98 Å². The number of pyridine rings is 1. The number of rotatable bonds is 4. The van der Waals surface area contributed by atoms with Gasteiger partial charge in [-0.2, -0.15) is 0 Å². The van der Waals surface area contributed by atoms with Gasteiger partial charge in [0.25, 0.3) is 0 Å². The molecular weight excluding hydrogens is 219 g/mol. The van der Waals surface area contributed by atoms with Crippen LogP contribution in [0, 0.1) is 5.82 Å². The molecule has 0 saturated carbocycles. The summed E-state index contributed by atoms with van der Waals surface area (Å²) in [5, 5.41) is 0.768. The van der Waals surface area contributed by atoms with Crippen LogP contribution in [0.3, 0.4) is 0 Å². The minimum Gasteiger partial charge on any atom is -0.397 e. The number of nitrogens with two attached hydrogens (primary N) is 1. The number of benzene rings is 1. The minimum atomic E-state index is -0.275. The Balaban J connectivity index is 2.43. The summed E-state index contributed by atoms with van der Waals surface area (Å²) in [5.41, 5.74) is 8.13. The van der Waals surface area contributed by atoms with Crippen LogP contribution in [-0.2, 0) is 11.2 Å². The van der Waals surface area contributed by atoms with Gasteiger partial charge in [0.1, 0.15) is 5.82 Å². The largest absolute Gasteiger partial charge is 0.397 e. The van der Waals surface area contributed by atoms with Crippen LogP contribution in [0.15, 0.2) is 24.4 Å². The normalized spacial score (nSPS) is 10.9. The topological polar surface area (TPSA) is 48.1 Å². The second-order valence-corrected chi connectivity index (χ2v) is 3.80. The molecule has 1 aromatic heterocycles. The third-order valence-electron chi connectivity index (χ3n) is 2.68. The van der Waals surface area contributed by atoms with Gasteiger partial charge in [0, 0.05) is 12.0 Å². The van der Waals surface area contributed by atoms with Crippen molar-refractivity contribution in [2.24, 2.45) is 0 Å². The molecule has 0 atom stereocenters. The van der Waals surface area contributed by atoms with Crippen molar-refractivity contribution in [3.63, 3.8) is 0 Å². The second-order valence-electron chi connectivity index (χ2n) is 3.80. The van der Waals surface area contributed by atoms with Gasteiger partial charge < -0.3 is 10.5 Å². The first-order valence-corrected chi connectivity index (χ1v) is 5.62. The number of halogens is 1. The highest BCUT2D eigenvalue weighted by molar-refractivity contribution is 5.86. The predicted molar refractivity (Wildman–Crippen MR) is 66.3 cm³/mol. The summed E-state index contributed by atoms with van der Waals surface area (Å²) < 4.78 is 18.5. The fourth-order valence-corrected chi connectivity index (χ4v) is 1.83. The Hall–Kier alpha value is -1.68. The van der Waals surface area contributed by atoms with Crippen molar-refractivity contribution in [1.29, 1.82) is 0 Å². The lowest BCUT2D eigenvalue weighted by atomic mass is 10.0. The SMILES string of the molecule is CCOCCc1c(N)cnc2ccc(F)cc12. The molecule has 2 aromatic rings. The first-order valence-electron chi connectivity index (χ1n) is 5.62. The molecule has 17 heavy (non-hydrogen) atoms. The highest BCUT2D eigenvalue weighted by Crippen LogP contribution is 2.23. The van der Waals surface area contributed by atoms with E-state index in [4.69, 9.17) is 10.5 Å². The van der Waals surface area contributed by atoms with E-state index in [1.54, 1.807) is 12.3 Å². The van der Waals surface area contributed by atoms with Crippen LogP contribution in [0.2, 0.25) is 0 Å². The highest BCUT2D eigenvalue weighted by atomic mass is 19.1. The van der Waals surface area contributed by atoms with Crippen molar-refractivity contribution >= 4 is 16.6 Å². The number of nitrogens with zero attached hydrogens (tertiary/aromatic N) is 1. The maximum atomic E-state index is 13.2. The second kappa shape index (κ2) is 5.10. The summed E-state index contributed by atoms with van der Waals surface area (Å²) in [5.74, 6) is -0.275. The van der Waals surface area contributed by atoms with Crippen LogP contribution < -0.4 is 5.73 Å². The summed E-state index contributed by atoms with van der Waals surface area (Å²) >= 11 is 0. The van der Waals surface area contributed by atoms with Crippen LogP contribution in [0.25, 0.3) is 10.9 Å². The fraction of sp³-hybridized carbons (Fsp3) is 0.308. The Morgan fingerprint density at radius 1 is 1.41 bits per heavy atom. The zero-order valence-electron chi connectivity index (χ0n) is 9.74. The van der Waals surface area contributed by atoms with Gasteiger partial charge >= 0.3 is 0 Å². The van der Waals surface area contributed by atoms with Crippen LogP contribution in [0.1, 0.15) is 12.5 Å². The monoisotopic (exact) mass is 234 g/mol. The lowest BCUT2D eigenvalue weighted by Crippen LogP contribution is -2.03. The van der Waals surface area contributed by atoms with Crippen molar-refractivity contribution in [2.75, 3.05) is 18.9 Å². The molecule has 1 heterocycles. The van der Waals surface area contributed by atoms with E-state index in [1.165, 1.54) is 12.1 Å². The number of hydrogen-bond acceptors (Lipinski definition) is 3. The van der Waals surface area contributed by atoms with Crippen LogP contribution in [-0.4, -0.2) is 18.2 Å². The Kier molecular flexibility index (Phi) is 3.54. The summed E-state index contributed by atoms with van der Waals surface area (Å²) in [6.45, 7) is 3.18. The lowest BCUT2D eigenvalue weighted by Gasteiger charge is -2.09. The van der Waals surface area contributed by atoms with Gasteiger partial charge in [-0.05, 0) is 37.1 Å². The number of anilines is 1. The van der Waals surface area contributed by atoms with Crippen LogP contribution >= 0.6 is 0 Å². The number of ether oxygens (including phenoxy) is 1. The highest BCUT2D eigenvalue weighted by Gasteiger charge is 2.07. The third-order valence-corrected chi connectivity index (χ3v) is 2.68. The summed E-state index contributed by atoms with van der Waals surface area (Å²) in [4.78, 5) is 4.18. The number of fused-ring (bicyclic) bond motifs is 1. The fourth-order valence-electron chi connectivity index (χ4n) is 1.83. The average molecular weight is 234 g/mol. The molecule has 0 unspecified atom stereocenters. The van der Waals surface area contributed by atoms with E-state index in [-0.39, 0.29) is 5.82 Å². The Labute approximate surface area is 99.4 Å². The zero-order chi connectivity index (χ0) is 12.3. The molecule has 3 nitrogen and oxygen atoms in total. The molecule has 2 N–H and O–H groups in total. The molecule has 0 saturated heterocycles. The Morgan fingerprint density at radius 2 is 2.24 bits per heavy atom. The maximum Gasteiger partial charge on any atom is 0.123 e. The van der Waals surface area contributed by atoms with Crippen LogP contribution in [0.4, 0.5) is 10.1 Å². The van der Waals surface area contributed by atoms with Gasteiger partial charge in [0.05, 0.1) is 24.0 Å². The molecule has 0 spiro atoms. The predicted octanol–water partition coefficient (Wildman–Crippen LogP) is 2.54. The first-order chi connectivity index (χ1) is 8.22. The van der Waals surface area contributed by atoms with Crippen molar-refractivity contribution in [2.45, 2.75) is 13.3 Å². The standard InChI is InChI=1S/C13H15FN2O/c1-2-17-6-5-10-11-7-9(14)3-4-13(11)16-8-12(10)15/h3-4,7-8H,2,5-6,15H2,1H3. The van der Waals surface area contributed by atoms with Gasteiger partial charge in [0.2, 0.25) is 0 Å². The quantitative estimate of drug-likeness (QED) is 0.827. The smallest absolute Gasteiger partial charge is 0.123 e. The summed E-state index contributed by atoms with van der Waals surface area (Å²) in [7, 11) is 0. The number of nitrogen functional groups attached to an aromatic ring is 1. The van der Waals surface area contributed by atoms with E-state index >= 15 is 0 Å². The Morgan fingerprint density at radius 3 is 3.00 bits per heavy atom. The third kappa shape index (κ3) is 2.53. The molecule has 0 bridgehead atoms. The van der Waals surface area contributed by atoms with Gasteiger partial charge in [-0.25, -0.2) is 4.39 Å². The number of hydrogen-bond donors (Lipinski definition) is 1. The van der Waals surface area contributed by atoms with Gasteiger partial charge in [0.15, 0.2) is 0 Å². The molecule has 0 aliphatic heterocycles. The molecule has 0 fully saturated rings. The molecule has 2 rings (SSSR count). The average Bonchev–Trinajstić information content (AvgIpc) is 2.32. The van der Waals surface area contributed by atoms with Crippen LogP contribution in [0.5, 0.6) is 0 Å². The van der Waals surface area contributed by atoms with E-state index in [0.717, 1.165) is 16.5 Å². The lowest BCUT2D eigenvalue weighted by molar-refractivity contribution is 0.151. The number of aromatic nitrogens is 1. The molecule has 0 aliphatic carbocycles. The van der Waals surface area contributed by atoms with Crippen molar-refractivity contribution in [3.05, 3.63) is 35.8 Å². The molecule has 0 amide bonds. The summed E-state index contributed by atoms with van der Waals surface area (Å²) in [6.07, 6.45) is 2.28. The molecule has 1 aromatic carbocycles. The molecule has 0 aliphatic rings. The van der Waals surface area contributed by atoms with Crippen molar-refractivity contribution in [3.8, 4) is 0 Å². The van der Waals surface area contributed by atoms with Gasteiger partial charge in [-0.1, -0.05) is 0 Å². The van der Waals surface area contributed by atoms with E-state index in [2.05, 4.69) is 4.98 Å². The maximum absolute atomic E-state index is 13.2. The van der Waals surface area contributed by atoms with Gasteiger partial charge in [-0.15, -0.1) is 0 Å². The molecule has 90 valence electrons.